The van der Waals surface area contributed by atoms with Gasteiger partial charge < -0.3 is 24.7 Å². The Labute approximate surface area is 181 Å². The van der Waals surface area contributed by atoms with Crippen LogP contribution < -0.4 is 11.2 Å². The van der Waals surface area contributed by atoms with E-state index in [1.807, 2.05) is 60.6 Å². The average molecular weight is 417 g/mol. The zero-order chi connectivity index (χ0) is 22.3. The number of benzene rings is 1. The first kappa shape index (κ1) is 22.9. The summed E-state index contributed by atoms with van der Waals surface area (Å²) >= 11 is 0. The Morgan fingerprint density at radius 3 is 2.17 bits per heavy atom. The molecule has 166 valence electrons. The number of piperazine rings is 1. The molecule has 0 aliphatic carbocycles. The van der Waals surface area contributed by atoms with E-state index >= 15 is 0 Å². The molecule has 2 fully saturated rings. The fourth-order valence-electron chi connectivity index (χ4n) is 3.63. The van der Waals surface area contributed by atoms with Crippen molar-refractivity contribution in [3.8, 4) is 0 Å². The number of nitrogen functional groups attached to an aromatic ring is 1. The van der Waals surface area contributed by atoms with Gasteiger partial charge in [0.15, 0.2) is 0 Å². The molecule has 8 heteroatoms. The van der Waals surface area contributed by atoms with Crippen molar-refractivity contribution in [1.82, 2.24) is 9.80 Å². The minimum absolute atomic E-state index is 0.242. The molecule has 0 spiro atoms. The van der Waals surface area contributed by atoms with Crippen LogP contribution in [0.25, 0.3) is 0 Å². The topological polar surface area (TPSA) is 77.3 Å². The van der Waals surface area contributed by atoms with Crippen LogP contribution in [0.2, 0.25) is 0 Å². The summed E-state index contributed by atoms with van der Waals surface area (Å²) < 4.78 is 17.8. The molecule has 1 aromatic rings. The first-order chi connectivity index (χ1) is 13.8. The SMILES string of the molecule is CC(C)(C)OC(=O)N1CCN(Cc2cc(N)cc(B3OC(C)(C)C(C)(C)O3)c2)CC1. The minimum atomic E-state index is -0.473. The summed E-state index contributed by atoms with van der Waals surface area (Å²) in [6.45, 7) is 17.5. The van der Waals surface area contributed by atoms with Gasteiger partial charge in [-0.15, -0.1) is 0 Å². The molecule has 0 bridgehead atoms. The van der Waals surface area contributed by atoms with E-state index in [9.17, 15) is 4.79 Å². The molecule has 7 nitrogen and oxygen atoms in total. The quantitative estimate of drug-likeness (QED) is 0.602. The van der Waals surface area contributed by atoms with Crippen molar-refractivity contribution in [1.29, 1.82) is 0 Å². The maximum atomic E-state index is 12.3. The van der Waals surface area contributed by atoms with Gasteiger partial charge >= 0.3 is 13.2 Å². The highest BCUT2D eigenvalue weighted by molar-refractivity contribution is 6.62. The second kappa shape index (κ2) is 8.06. The van der Waals surface area contributed by atoms with Crippen LogP contribution in [-0.2, 0) is 20.6 Å². The standard InChI is InChI=1S/C22H36BN3O4/c1-20(2,3)28-19(27)26-10-8-25(9-11-26)15-16-12-17(14-18(24)13-16)23-29-21(4,5)22(6,7)30-23/h12-14H,8-11,15,24H2,1-7H3. The Morgan fingerprint density at radius 1 is 1.07 bits per heavy atom. The molecule has 2 saturated heterocycles. The molecule has 2 aliphatic rings. The molecule has 0 saturated carbocycles. The highest BCUT2D eigenvalue weighted by Gasteiger charge is 2.51. The third kappa shape index (κ3) is 5.28. The van der Waals surface area contributed by atoms with Crippen molar-refractivity contribution in [3.63, 3.8) is 0 Å². The third-order valence-corrected chi connectivity index (χ3v) is 5.99. The van der Waals surface area contributed by atoms with E-state index < -0.39 is 12.7 Å². The van der Waals surface area contributed by atoms with Crippen LogP contribution in [0.3, 0.4) is 0 Å². The number of hydrogen-bond acceptors (Lipinski definition) is 6. The zero-order valence-electron chi connectivity index (χ0n) is 19.4. The van der Waals surface area contributed by atoms with Crippen LogP contribution in [-0.4, -0.2) is 66.0 Å². The van der Waals surface area contributed by atoms with E-state index in [0.717, 1.165) is 30.7 Å². The number of amides is 1. The average Bonchev–Trinajstić information content (AvgIpc) is 2.81. The van der Waals surface area contributed by atoms with E-state index in [-0.39, 0.29) is 17.3 Å². The van der Waals surface area contributed by atoms with Crippen molar-refractivity contribution < 1.29 is 18.8 Å². The highest BCUT2D eigenvalue weighted by atomic mass is 16.7. The first-order valence-corrected chi connectivity index (χ1v) is 10.7. The Morgan fingerprint density at radius 2 is 1.63 bits per heavy atom. The number of nitrogens with zero attached hydrogens (tertiary/aromatic N) is 2. The third-order valence-electron chi connectivity index (χ3n) is 5.99. The van der Waals surface area contributed by atoms with Crippen LogP contribution in [0.4, 0.5) is 10.5 Å². The fraction of sp³-hybridized carbons (Fsp3) is 0.682. The van der Waals surface area contributed by atoms with Gasteiger partial charge in [0.05, 0.1) is 11.2 Å². The largest absolute Gasteiger partial charge is 0.494 e. The van der Waals surface area contributed by atoms with Crippen LogP contribution in [0, 0.1) is 0 Å². The number of rotatable bonds is 3. The maximum absolute atomic E-state index is 12.3. The summed E-state index contributed by atoms with van der Waals surface area (Å²) in [6.07, 6.45) is -0.242. The van der Waals surface area contributed by atoms with Gasteiger partial charge in [0.2, 0.25) is 0 Å². The summed E-state index contributed by atoms with van der Waals surface area (Å²) in [5.41, 5.74) is 7.69. The minimum Gasteiger partial charge on any atom is -0.444 e. The maximum Gasteiger partial charge on any atom is 0.494 e. The van der Waals surface area contributed by atoms with E-state index in [0.29, 0.717) is 18.8 Å². The van der Waals surface area contributed by atoms with E-state index in [4.69, 9.17) is 19.8 Å². The lowest BCUT2D eigenvalue weighted by Gasteiger charge is -2.35. The summed E-state index contributed by atoms with van der Waals surface area (Å²) in [5, 5.41) is 0. The second-order valence-electron chi connectivity index (χ2n) is 10.3. The van der Waals surface area contributed by atoms with Gasteiger partial charge in [0, 0.05) is 38.4 Å². The van der Waals surface area contributed by atoms with Gasteiger partial charge in [-0.05, 0) is 71.6 Å². The van der Waals surface area contributed by atoms with E-state index in [1.165, 1.54) is 0 Å². The lowest BCUT2D eigenvalue weighted by Crippen LogP contribution is -2.49. The molecule has 0 aromatic heterocycles. The van der Waals surface area contributed by atoms with Crippen molar-refractivity contribution in [2.45, 2.75) is 71.8 Å². The number of hydrogen-bond donors (Lipinski definition) is 1. The smallest absolute Gasteiger partial charge is 0.444 e. The molecule has 2 N–H and O–H groups in total. The van der Waals surface area contributed by atoms with Crippen molar-refractivity contribution >= 4 is 24.4 Å². The monoisotopic (exact) mass is 417 g/mol. The lowest BCUT2D eigenvalue weighted by atomic mass is 9.78. The molecular formula is C22H36BN3O4. The Bertz CT molecular complexity index is 767. The Hall–Kier alpha value is -1.77. The van der Waals surface area contributed by atoms with Gasteiger partial charge in [-0.2, -0.15) is 0 Å². The Balaban J connectivity index is 1.62. The summed E-state index contributed by atoms with van der Waals surface area (Å²) in [5.74, 6) is 0. The molecule has 2 heterocycles. The van der Waals surface area contributed by atoms with Crippen LogP contribution >= 0.6 is 0 Å². The van der Waals surface area contributed by atoms with E-state index in [1.54, 1.807) is 4.90 Å². The molecule has 2 aliphatic heterocycles. The molecular weight excluding hydrogens is 381 g/mol. The van der Waals surface area contributed by atoms with Crippen LogP contribution in [0.5, 0.6) is 0 Å². The molecule has 3 rings (SSSR count). The van der Waals surface area contributed by atoms with Gasteiger partial charge in [-0.3, -0.25) is 4.90 Å². The lowest BCUT2D eigenvalue weighted by molar-refractivity contribution is 0.00578. The second-order valence-corrected chi connectivity index (χ2v) is 10.3. The van der Waals surface area contributed by atoms with Gasteiger partial charge in [0.25, 0.3) is 0 Å². The zero-order valence-corrected chi connectivity index (χ0v) is 19.4. The molecule has 30 heavy (non-hydrogen) atoms. The molecule has 1 aromatic carbocycles. The first-order valence-electron chi connectivity index (χ1n) is 10.7. The normalized spacial score (nSPS) is 21.7. The highest BCUT2D eigenvalue weighted by Crippen LogP contribution is 2.36. The van der Waals surface area contributed by atoms with Crippen LogP contribution in [0.15, 0.2) is 18.2 Å². The number of ether oxygens (including phenoxy) is 1. The Kier molecular flexibility index (Phi) is 6.15. The summed E-state index contributed by atoms with van der Waals surface area (Å²) in [4.78, 5) is 16.4. The van der Waals surface area contributed by atoms with Crippen molar-refractivity contribution in [3.05, 3.63) is 23.8 Å². The van der Waals surface area contributed by atoms with Crippen LogP contribution in [0.1, 0.15) is 54.0 Å². The number of carbonyl (C=O) groups excluding carboxylic acids is 1. The summed E-state index contributed by atoms with van der Waals surface area (Å²) in [6, 6.07) is 6.03. The molecule has 0 radical (unpaired) electrons. The molecule has 0 atom stereocenters. The molecule has 1 amide bonds. The number of nitrogens with two attached hydrogens (primary N) is 1. The van der Waals surface area contributed by atoms with Gasteiger partial charge in [-0.25, -0.2) is 4.79 Å². The summed E-state index contributed by atoms with van der Waals surface area (Å²) in [7, 11) is -0.429. The van der Waals surface area contributed by atoms with Crippen molar-refractivity contribution in [2.24, 2.45) is 0 Å². The number of anilines is 1. The van der Waals surface area contributed by atoms with Gasteiger partial charge in [-0.1, -0.05) is 6.07 Å². The fourth-order valence-corrected chi connectivity index (χ4v) is 3.63. The van der Waals surface area contributed by atoms with E-state index in [2.05, 4.69) is 11.0 Å². The number of carbonyl (C=O) groups is 1. The predicted octanol–water partition coefficient (Wildman–Crippen LogP) is 2.62. The van der Waals surface area contributed by atoms with Gasteiger partial charge in [0.1, 0.15) is 5.60 Å². The predicted molar refractivity (Wildman–Crippen MR) is 120 cm³/mol. The molecule has 0 unspecified atom stereocenters. The van der Waals surface area contributed by atoms with Crippen molar-refractivity contribution in [2.75, 3.05) is 31.9 Å².